The van der Waals surface area contributed by atoms with E-state index >= 15 is 0 Å². The van der Waals surface area contributed by atoms with Crippen molar-refractivity contribution in [2.45, 2.75) is 19.3 Å². The number of methoxy groups -OCH3 is 1. The van der Waals surface area contributed by atoms with Crippen LogP contribution in [0.3, 0.4) is 0 Å². The van der Waals surface area contributed by atoms with Gasteiger partial charge in [-0.1, -0.05) is 12.1 Å². The van der Waals surface area contributed by atoms with E-state index in [4.69, 9.17) is 4.74 Å². The summed E-state index contributed by atoms with van der Waals surface area (Å²) in [6, 6.07) is 7.40. The summed E-state index contributed by atoms with van der Waals surface area (Å²) in [6.45, 7) is 0. The second-order valence-corrected chi connectivity index (χ2v) is 7.27. The maximum absolute atomic E-state index is 11.9. The Balaban J connectivity index is 1.91. The van der Waals surface area contributed by atoms with Crippen LogP contribution in [0.2, 0.25) is 0 Å². The predicted molar refractivity (Wildman–Crippen MR) is 73.1 cm³/mol. The third-order valence-electron chi connectivity index (χ3n) is 3.38. The maximum Gasteiger partial charge on any atom is 0.150 e. The van der Waals surface area contributed by atoms with Crippen LogP contribution in [-0.4, -0.2) is 32.8 Å². The maximum atomic E-state index is 11.9. The highest BCUT2D eigenvalue weighted by molar-refractivity contribution is 7.91. The lowest BCUT2D eigenvalue weighted by molar-refractivity contribution is -0.119. The number of Topliss-reactive ketones (excluding diaryl/α,β-unsaturated/α-hetero) is 1. The van der Waals surface area contributed by atoms with E-state index < -0.39 is 9.84 Å². The molecule has 1 aliphatic heterocycles. The molecule has 0 spiro atoms. The summed E-state index contributed by atoms with van der Waals surface area (Å²) in [5.74, 6) is 1.22. The Labute approximate surface area is 113 Å². The number of ketones is 1. The van der Waals surface area contributed by atoms with Crippen LogP contribution in [-0.2, 0) is 21.1 Å². The molecule has 0 bridgehead atoms. The van der Waals surface area contributed by atoms with Crippen molar-refractivity contribution in [1.82, 2.24) is 0 Å². The molecule has 0 aromatic heterocycles. The molecule has 1 fully saturated rings. The fourth-order valence-electron chi connectivity index (χ4n) is 2.44. The summed E-state index contributed by atoms with van der Waals surface area (Å²) in [7, 11) is -1.31. The molecule has 1 atom stereocenters. The molecule has 1 aromatic carbocycles. The van der Waals surface area contributed by atoms with Crippen molar-refractivity contribution in [3.63, 3.8) is 0 Å². The molecule has 1 heterocycles. The lowest BCUT2D eigenvalue weighted by Gasteiger charge is -2.07. The molecule has 0 radical (unpaired) electrons. The Hall–Kier alpha value is -1.36. The first-order chi connectivity index (χ1) is 8.98. The highest BCUT2D eigenvalue weighted by atomic mass is 32.2. The Morgan fingerprint density at radius 2 is 2.21 bits per heavy atom. The molecular weight excluding hydrogens is 264 g/mol. The molecule has 1 aliphatic rings. The molecule has 2 rings (SSSR count). The van der Waals surface area contributed by atoms with Gasteiger partial charge in [-0.25, -0.2) is 8.42 Å². The molecular formula is C14H18O4S. The number of ether oxygens (including phenoxy) is 1. The van der Waals surface area contributed by atoms with Crippen LogP contribution in [0.5, 0.6) is 5.75 Å². The van der Waals surface area contributed by atoms with E-state index in [9.17, 15) is 13.2 Å². The van der Waals surface area contributed by atoms with Crippen molar-refractivity contribution in [3.05, 3.63) is 29.8 Å². The molecule has 0 aliphatic carbocycles. The minimum Gasteiger partial charge on any atom is -0.497 e. The molecule has 0 N–H and O–H groups in total. The number of sulfone groups is 1. The van der Waals surface area contributed by atoms with E-state index in [1.165, 1.54) is 0 Å². The van der Waals surface area contributed by atoms with Gasteiger partial charge in [-0.05, 0) is 30.0 Å². The standard InChI is InChI=1S/C14H18O4S/c1-18-14-4-2-3-11(9-14)7-13(15)8-12-5-6-19(16,17)10-12/h2-4,9,12H,5-8,10H2,1H3. The second kappa shape index (κ2) is 5.74. The largest absolute Gasteiger partial charge is 0.497 e. The van der Waals surface area contributed by atoms with Crippen LogP contribution in [0, 0.1) is 5.92 Å². The van der Waals surface area contributed by atoms with Crippen molar-refractivity contribution in [2.75, 3.05) is 18.6 Å². The Morgan fingerprint density at radius 1 is 1.42 bits per heavy atom. The topological polar surface area (TPSA) is 60.4 Å². The average molecular weight is 282 g/mol. The van der Waals surface area contributed by atoms with Crippen molar-refractivity contribution in [1.29, 1.82) is 0 Å². The van der Waals surface area contributed by atoms with Crippen LogP contribution in [0.1, 0.15) is 18.4 Å². The van der Waals surface area contributed by atoms with Crippen molar-refractivity contribution >= 4 is 15.6 Å². The van der Waals surface area contributed by atoms with Gasteiger partial charge in [0.2, 0.25) is 0 Å². The zero-order valence-electron chi connectivity index (χ0n) is 11.0. The fraction of sp³-hybridized carbons (Fsp3) is 0.500. The zero-order chi connectivity index (χ0) is 13.9. The number of carbonyl (C=O) groups excluding carboxylic acids is 1. The number of benzene rings is 1. The highest BCUT2D eigenvalue weighted by Crippen LogP contribution is 2.23. The van der Waals surface area contributed by atoms with E-state index in [1.54, 1.807) is 7.11 Å². The van der Waals surface area contributed by atoms with Crippen molar-refractivity contribution in [2.24, 2.45) is 5.92 Å². The van der Waals surface area contributed by atoms with Gasteiger partial charge in [-0.2, -0.15) is 0 Å². The van der Waals surface area contributed by atoms with Gasteiger partial charge in [0.05, 0.1) is 18.6 Å². The Bertz CT molecular complexity index is 563. The van der Waals surface area contributed by atoms with Crippen molar-refractivity contribution < 1.29 is 17.9 Å². The normalized spacial score (nSPS) is 21.2. The molecule has 1 saturated heterocycles. The van der Waals surface area contributed by atoms with E-state index in [0.717, 1.165) is 11.3 Å². The minimum absolute atomic E-state index is 0.00288. The summed E-state index contributed by atoms with van der Waals surface area (Å²) in [6.07, 6.45) is 1.32. The van der Waals surface area contributed by atoms with Crippen molar-refractivity contribution in [3.8, 4) is 5.75 Å². The minimum atomic E-state index is -2.90. The monoisotopic (exact) mass is 282 g/mol. The quantitative estimate of drug-likeness (QED) is 0.823. The summed E-state index contributed by atoms with van der Waals surface area (Å²) in [4.78, 5) is 11.9. The third-order valence-corrected chi connectivity index (χ3v) is 5.22. The van der Waals surface area contributed by atoms with Gasteiger partial charge < -0.3 is 4.74 Å². The third kappa shape index (κ3) is 4.06. The summed E-state index contributed by atoms with van der Waals surface area (Å²) in [5, 5.41) is 0. The zero-order valence-corrected chi connectivity index (χ0v) is 11.8. The number of hydrogen-bond donors (Lipinski definition) is 0. The van der Waals surface area contributed by atoms with E-state index in [-0.39, 0.29) is 23.2 Å². The average Bonchev–Trinajstić information content (AvgIpc) is 2.68. The van der Waals surface area contributed by atoms with E-state index in [2.05, 4.69) is 0 Å². The molecule has 5 heteroatoms. The van der Waals surface area contributed by atoms with Gasteiger partial charge in [0, 0.05) is 12.8 Å². The molecule has 104 valence electrons. The molecule has 0 amide bonds. The molecule has 1 aromatic rings. The van der Waals surface area contributed by atoms with Crippen LogP contribution in [0.4, 0.5) is 0 Å². The highest BCUT2D eigenvalue weighted by Gasteiger charge is 2.29. The lowest BCUT2D eigenvalue weighted by Crippen LogP contribution is -2.12. The first-order valence-electron chi connectivity index (χ1n) is 6.33. The molecule has 4 nitrogen and oxygen atoms in total. The lowest BCUT2D eigenvalue weighted by atomic mass is 9.98. The first-order valence-corrected chi connectivity index (χ1v) is 8.16. The van der Waals surface area contributed by atoms with Gasteiger partial charge in [-0.15, -0.1) is 0 Å². The smallest absolute Gasteiger partial charge is 0.150 e. The first kappa shape index (κ1) is 14.1. The van der Waals surface area contributed by atoms with Gasteiger partial charge in [0.25, 0.3) is 0 Å². The Kier molecular flexibility index (Phi) is 4.24. The van der Waals surface area contributed by atoms with Gasteiger partial charge in [0.15, 0.2) is 9.84 Å². The summed E-state index contributed by atoms with van der Waals surface area (Å²) >= 11 is 0. The number of carbonyl (C=O) groups is 1. The van der Waals surface area contributed by atoms with Crippen LogP contribution in [0.25, 0.3) is 0 Å². The molecule has 0 saturated carbocycles. The fourth-order valence-corrected chi connectivity index (χ4v) is 4.30. The van der Waals surface area contributed by atoms with Gasteiger partial charge in [-0.3, -0.25) is 4.79 Å². The Morgan fingerprint density at radius 3 is 2.84 bits per heavy atom. The summed E-state index contributed by atoms with van der Waals surface area (Å²) in [5.41, 5.74) is 0.908. The second-order valence-electron chi connectivity index (χ2n) is 5.04. The predicted octanol–water partition coefficient (Wildman–Crippen LogP) is 1.63. The van der Waals surface area contributed by atoms with Crippen LogP contribution >= 0.6 is 0 Å². The molecule has 1 unspecified atom stereocenters. The van der Waals surface area contributed by atoms with E-state index in [0.29, 0.717) is 19.3 Å². The van der Waals surface area contributed by atoms with Gasteiger partial charge in [0.1, 0.15) is 11.5 Å². The van der Waals surface area contributed by atoms with Crippen LogP contribution in [0.15, 0.2) is 24.3 Å². The van der Waals surface area contributed by atoms with Gasteiger partial charge >= 0.3 is 0 Å². The number of rotatable bonds is 5. The molecule has 19 heavy (non-hydrogen) atoms. The SMILES string of the molecule is COc1cccc(CC(=O)CC2CCS(=O)(=O)C2)c1. The summed E-state index contributed by atoms with van der Waals surface area (Å²) < 4.78 is 27.8. The number of hydrogen-bond acceptors (Lipinski definition) is 4. The van der Waals surface area contributed by atoms with E-state index in [1.807, 2.05) is 24.3 Å². The van der Waals surface area contributed by atoms with Crippen LogP contribution < -0.4 is 4.74 Å².